The quantitative estimate of drug-likeness (QED) is 0.360. The number of ether oxygens (including phenoxy) is 1. The van der Waals surface area contributed by atoms with Crippen molar-refractivity contribution in [3.05, 3.63) is 39.3 Å². The molecule has 0 saturated heterocycles. The predicted octanol–water partition coefficient (Wildman–Crippen LogP) is 4.13. The molecule has 2 heterocycles. The van der Waals surface area contributed by atoms with Gasteiger partial charge >= 0.3 is 0 Å². The zero-order valence-electron chi connectivity index (χ0n) is 21.2. The first-order valence-corrected chi connectivity index (χ1v) is 12.7. The van der Waals surface area contributed by atoms with Crippen molar-refractivity contribution in [2.24, 2.45) is 11.7 Å². The van der Waals surface area contributed by atoms with Crippen LogP contribution in [0, 0.1) is 26.7 Å². The minimum Gasteiger partial charge on any atom is -0.490 e. The topological polar surface area (TPSA) is 132 Å². The van der Waals surface area contributed by atoms with Gasteiger partial charge in [-0.25, -0.2) is 0 Å². The van der Waals surface area contributed by atoms with Gasteiger partial charge in [0.15, 0.2) is 0 Å². The average Bonchev–Trinajstić information content (AvgIpc) is 3.38. The van der Waals surface area contributed by atoms with E-state index in [4.69, 9.17) is 14.9 Å². The van der Waals surface area contributed by atoms with Crippen molar-refractivity contribution in [3.8, 4) is 28.0 Å². The van der Waals surface area contributed by atoms with Gasteiger partial charge in [0.05, 0.1) is 11.0 Å². The van der Waals surface area contributed by atoms with Gasteiger partial charge in [-0.2, -0.15) is 0 Å². The minimum atomic E-state index is -1.41. The van der Waals surface area contributed by atoms with E-state index in [2.05, 4.69) is 37.9 Å². The number of nitrogens with zero attached hydrogens (tertiary/aromatic N) is 2. The number of aryl methyl sites for hydroxylation is 3. The third kappa shape index (κ3) is 6.28. The summed E-state index contributed by atoms with van der Waals surface area (Å²) in [5.41, 5.74) is 10.2. The molecule has 3 aromatic rings. The van der Waals surface area contributed by atoms with Crippen LogP contribution in [0.4, 0.5) is 0 Å². The second-order valence-corrected chi connectivity index (χ2v) is 10.6. The number of aliphatic hydroxyl groups is 2. The zero-order valence-corrected chi connectivity index (χ0v) is 22.0. The second kappa shape index (κ2) is 11.3. The number of carbonyl (C=O) groups excluding carboxylic acids is 1. The van der Waals surface area contributed by atoms with E-state index >= 15 is 0 Å². The number of rotatable bonds is 11. The fourth-order valence-electron chi connectivity index (χ4n) is 4.09. The molecule has 4 N–H and O–H groups in total. The molecule has 0 aliphatic rings. The number of hydrogen-bond donors (Lipinski definition) is 3. The number of aromatic nitrogens is 2. The van der Waals surface area contributed by atoms with Crippen LogP contribution in [-0.2, 0) is 17.6 Å². The van der Waals surface area contributed by atoms with Crippen LogP contribution in [0.3, 0.4) is 0 Å². The van der Waals surface area contributed by atoms with E-state index in [0.29, 0.717) is 29.9 Å². The molecule has 0 aliphatic heterocycles. The Morgan fingerprint density at radius 3 is 2.49 bits per heavy atom. The maximum absolute atomic E-state index is 11.0. The van der Waals surface area contributed by atoms with Gasteiger partial charge in [0.2, 0.25) is 11.8 Å². The largest absolute Gasteiger partial charge is 0.490 e. The van der Waals surface area contributed by atoms with Crippen LogP contribution in [0.25, 0.3) is 22.2 Å². The lowest BCUT2D eigenvalue weighted by Gasteiger charge is -2.18. The Morgan fingerprint density at radius 2 is 1.86 bits per heavy atom. The van der Waals surface area contributed by atoms with Gasteiger partial charge in [-0.15, -0.1) is 21.5 Å². The van der Waals surface area contributed by atoms with Gasteiger partial charge in [0.1, 0.15) is 18.5 Å². The summed E-state index contributed by atoms with van der Waals surface area (Å²) >= 11 is 1.69. The number of primary amides is 1. The fourth-order valence-corrected chi connectivity index (χ4v) is 5.21. The molecule has 2 aromatic heterocycles. The van der Waals surface area contributed by atoms with E-state index in [1.807, 2.05) is 26.0 Å². The van der Waals surface area contributed by atoms with Crippen molar-refractivity contribution >= 4 is 17.2 Å². The summed E-state index contributed by atoms with van der Waals surface area (Å²) in [5.74, 6) is 1.30. The lowest BCUT2D eigenvalue weighted by Crippen LogP contribution is -2.33. The van der Waals surface area contributed by atoms with Gasteiger partial charge in [-0.05, 0) is 73.9 Å². The van der Waals surface area contributed by atoms with Gasteiger partial charge < -0.3 is 25.1 Å². The number of benzene rings is 1. The molecule has 9 heteroatoms. The highest BCUT2D eigenvalue weighted by Crippen LogP contribution is 2.38. The van der Waals surface area contributed by atoms with E-state index < -0.39 is 18.1 Å². The third-order valence-corrected chi connectivity index (χ3v) is 7.17. The molecule has 0 aliphatic carbocycles. The predicted molar refractivity (Wildman–Crippen MR) is 136 cm³/mol. The highest BCUT2D eigenvalue weighted by molar-refractivity contribution is 7.15. The summed E-state index contributed by atoms with van der Waals surface area (Å²) in [4.78, 5) is 13.3. The minimum absolute atomic E-state index is 0.0715. The first-order chi connectivity index (χ1) is 16.5. The SMILES string of the molecule is CCc1cc(-c2nnc(-c3sc(C)c(CC(C)C)c3C)o2)cc(C)c1OC[C@@H](O)CC(O)C(N)=O. The Morgan fingerprint density at radius 1 is 1.17 bits per heavy atom. The van der Waals surface area contributed by atoms with E-state index in [9.17, 15) is 15.0 Å². The Labute approximate surface area is 210 Å². The van der Waals surface area contributed by atoms with E-state index in [1.165, 1.54) is 16.0 Å². The van der Waals surface area contributed by atoms with Crippen molar-refractivity contribution in [3.63, 3.8) is 0 Å². The number of carbonyl (C=O) groups is 1. The molecule has 2 atom stereocenters. The monoisotopic (exact) mass is 501 g/mol. The molecule has 0 bridgehead atoms. The van der Waals surface area contributed by atoms with E-state index in [0.717, 1.165) is 28.0 Å². The highest BCUT2D eigenvalue weighted by Gasteiger charge is 2.22. The molecule has 1 amide bonds. The van der Waals surface area contributed by atoms with Gasteiger partial charge in [-0.1, -0.05) is 20.8 Å². The fraction of sp³-hybridized carbons (Fsp3) is 0.500. The van der Waals surface area contributed by atoms with Gasteiger partial charge in [-0.3, -0.25) is 4.79 Å². The number of nitrogens with two attached hydrogens (primary N) is 1. The lowest BCUT2D eigenvalue weighted by atomic mass is 9.99. The normalized spacial score (nSPS) is 13.3. The van der Waals surface area contributed by atoms with Crippen LogP contribution >= 0.6 is 11.3 Å². The maximum Gasteiger partial charge on any atom is 0.258 e. The smallest absolute Gasteiger partial charge is 0.258 e. The number of hydrogen-bond acceptors (Lipinski definition) is 8. The zero-order chi connectivity index (χ0) is 25.9. The van der Waals surface area contributed by atoms with Crippen molar-refractivity contribution < 1.29 is 24.2 Å². The first-order valence-electron chi connectivity index (χ1n) is 11.9. The molecular weight excluding hydrogens is 466 g/mol. The van der Waals surface area contributed by atoms with Crippen LogP contribution in [0.2, 0.25) is 0 Å². The van der Waals surface area contributed by atoms with Crippen molar-refractivity contribution in [2.45, 2.75) is 73.0 Å². The second-order valence-electron chi connectivity index (χ2n) is 9.35. The van der Waals surface area contributed by atoms with Crippen LogP contribution in [-0.4, -0.2) is 45.1 Å². The summed E-state index contributed by atoms with van der Waals surface area (Å²) in [6.07, 6.45) is -0.915. The first kappa shape index (κ1) is 26.8. The van der Waals surface area contributed by atoms with Crippen LogP contribution in [0.5, 0.6) is 5.75 Å². The summed E-state index contributed by atoms with van der Waals surface area (Å²) in [7, 11) is 0. The lowest BCUT2D eigenvalue weighted by molar-refractivity contribution is -0.127. The molecule has 1 aromatic carbocycles. The standard InChI is InChI=1S/C26H35N3O5S/c1-7-17-10-18(9-14(4)22(17)33-12-19(30)11-21(31)24(27)32)25-28-29-26(34-25)23-15(5)20(8-13(2)3)16(6)35-23/h9-10,13,19,21,30-31H,7-8,11-12H2,1-6H3,(H2,27,32)/t19-,21?/m0/s1. The molecule has 0 spiro atoms. The molecule has 3 rings (SSSR count). The third-order valence-electron chi connectivity index (χ3n) is 5.93. The van der Waals surface area contributed by atoms with Gasteiger partial charge in [0.25, 0.3) is 5.89 Å². The summed E-state index contributed by atoms with van der Waals surface area (Å²) in [6, 6.07) is 3.86. The van der Waals surface area contributed by atoms with Crippen molar-refractivity contribution in [1.29, 1.82) is 0 Å². The Bertz CT molecular complexity index is 1180. The van der Waals surface area contributed by atoms with Crippen LogP contribution in [0.1, 0.15) is 54.3 Å². The van der Waals surface area contributed by atoms with E-state index in [1.54, 1.807) is 11.3 Å². The average molecular weight is 502 g/mol. The van der Waals surface area contributed by atoms with Gasteiger partial charge in [0, 0.05) is 16.9 Å². The number of amides is 1. The Balaban J connectivity index is 1.82. The van der Waals surface area contributed by atoms with Crippen LogP contribution < -0.4 is 10.5 Å². The molecule has 1 unspecified atom stereocenters. The Kier molecular flexibility index (Phi) is 8.69. The highest BCUT2D eigenvalue weighted by atomic mass is 32.1. The molecule has 190 valence electrons. The summed E-state index contributed by atoms with van der Waals surface area (Å²) in [5, 5.41) is 28.3. The van der Waals surface area contributed by atoms with Crippen molar-refractivity contribution in [2.75, 3.05) is 6.61 Å². The molecule has 0 radical (unpaired) electrons. The van der Waals surface area contributed by atoms with Crippen molar-refractivity contribution in [1.82, 2.24) is 10.2 Å². The molecule has 35 heavy (non-hydrogen) atoms. The molecule has 8 nitrogen and oxygen atoms in total. The number of aliphatic hydroxyl groups excluding tert-OH is 2. The van der Waals surface area contributed by atoms with E-state index in [-0.39, 0.29) is 13.0 Å². The summed E-state index contributed by atoms with van der Waals surface area (Å²) in [6.45, 7) is 12.5. The summed E-state index contributed by atoms with van der Waals surface area (Å²) < 4.78 is 12.0. The maximum atomic E-state index is 11.0. The Hall–Kier alpha value is -2.75. The molecule has 0 fully saturated rings. The number of thiophene rings is 1. The molecular formula is C26H35N3O5S. The van der Waals surface area contributed by atoms with Crippen LogP contribution in [0.15, 0.2) is 16.5 Å². The molecule has 0 saturated carbocycles.